The monoisotopic (exact) mass is 266 g/mol. The number of nitrogen functional groups attached to an aromatic ring is 1. The first-order chi connectivity index (χ1) is 9.02. The summed E-state index contributed by atoms with van der Waals surface area (Å²) >= 11 is 0. The van der Waals surface area contributed by atoms with Crippen molar-refractivity contribution in [3.63, 3.8) is 0 Å². The average molecular weight is 266 g/mol. The molecule has 0 spiro atoms. The fourth-order valence-corrected chi connectivity index (χ4v) is 2.05. The van der Waals surface area contributed by atoms with E-state index in [-0.39, 0.29) is 36.1 Å². The average Bonchev–Trinajstić information content (AvgIpc) is 2.41. The maximum absolute atomic E-state index is 12.4. The minimum Gasteiger partial charge on any atom is -0.506 e. The minimum atomic E-state index is -0.359. The van der Waals surface area contributed by atoms with Gasteiger partial charge in [0.1, 0.15) is 5.75 Å². The fourth-order valence-electron chi connectivity index (χ4n) is 2.05. The number of morpholine rings is 1. The third-order valence-corrected chi connectivity index (χ3v) is 3.25. The number of amides is 1. The number of aromatic hydroxyl groups is 1. The van der Waals surface area contributed by atoms with Crippen LogP contribution in [0.3, 0.4) is 0 Å². The van der Waals surface area contributed by atoms with Gasteiger partial charge in [-0.25, -0.2) is 0 Å². The number of rotatable bonds is 2. The topological polar surface area (TPSA) is 96.0 Å². The van der Waals surface area contributed by atoms with Crippen molar-refractivity contribution in [2.75, 3.05) is 25.5 Å². The SMILES string of the molecule is CC1COC(CO)CN1C(=O)c1ccc(N)c(O)c1. The van der Waals surface area contributed by atoms with Gasteiger partial charge in [-0.05, 0) is 25.1 Å². The first kappa shape index (κ1) is 13.6. The molecule has 1 aliphatic heterocycles. The van der Waals surface area contributed by atoms with Crippen molar-refractivity contribution in [3.8, 4) is 5.75 Å². The van der Waals surface area contributed by atoms with E-state index in [1.807, 2.05) is 6.92 Å². The highest BCUT2D eigenvalue weighted by molar-refractivity contribution is 5.95. The maximum atomic E-state index is 12.4. The predicted octanol–water partition coefficient (Wildman–Crippen LogP) is 0.196. The molecule has 4 N–H and O–H groups in total. The lowest BCUT2D eigenvalue weighted by Gasteiger charge is -2.37. The number of phenolic OH excluding ortho intramolecular Hbond substituents is 1. The molecular weight excluding hydrogens is 248 g/mol. The van der Waals surface area contributed by atoms with Gasteiger partial charge in [0, 0.05) is 12.1 Å². The van der Waals surface area contributed by atoms with E-state index in [2.05, 4.69) is 0 Å². The molecule has 19 heavy (non-hydrogen) atoms. The molecule has 104 valence electrons. The number of ether oxygens (including phenoxy) is 1. The Hall–Kier alpha value is -1.79. The maximum Gasteiger partial charge on any atom is 0.254 e. The van der Waals surface area contributed by atoms with Gasteiger partial charge in [0.25, 0.3) is 5.91 Å². The second-order valence-corrected chi connectivity index (χ2v) is 4.72. The summed E-state index contributed by atoms with van der Waals surface area (Å²) < 4.78 is 5.39. The van der Waals surface area contributed by atoms with E-state index in [4.69, 9.17) is 15.6 Å². The number of carbonyl (C=O) groups excluding carboxylic acids is 1. The molecule has 6 heteroatoms. The highest BCUT2D eigenvalue weighted by atomic mass is 16.5. The molecule has 0 aromatic heterocycles. The number of benzene rings is 1. The molecule has 2 rings (SSSR count). The summed E-state index contributed by atoms with van der Waals surface area (Å²) in [5.74, 6) is -0.310. The Morgan fingerprint density at radius 2 is 2.32 bits per heavy atom. The Morgan fingerprint density at radius 3 is 2.95 bits per heavy atom. The third kappa shape index (κ3) is 2.80. The van der Waals surface area contributed by atoms with Crippen LogP contribution in [0, 0.1) is 0 Å². The van der Waals surface area contributed by atoms with E-state index >= 15 is 0 Å². The van der Waals surface area contributed by atoms with Crippen molar-refractivity contribution in [2.45, 2.75) is 19.1 Å². The van der Waals surface area contributed by atoms with Gasteiger partial charge in [-0.2, -0.15) is 0 Å². The van der Waals surface area contributed by atoms with Gasteiger partial charge >= 0.3 is 0 Å². The van der Waals surface area contributed by atoms with Crippen LogP contribution in [-0.4, -0.2) is 52.9 Å². The first-order valence-electron chi connectivity index (χ1n) is 6.15. The zero-order valence-electron chi connectivity index (χ0n) is 10.7. The van der Waals surface area contributed by atoms with Gasteiger partial charge in [0.15, 0.2) is 0 Å². The highest BCUT2D eigenvalue weighted by Gasteiger charge is 2.30. The van der Waals surface area contributed by atoms with Gasteiger partial charge in [-0.15, -0.1) is 0 Å². The second-order valence-electron chi connectivity index (χ2n) is 4.72. The number of hydrogen-bond donors (Lipinski definition) is 3. The quantitative estimate of drug-likeness (QED) is 0.525. The van der Waals surface area contributed by atoms with Crippen LogP contribution in [0.1, 0.15) is 17.3 Å². The van der Waals surface area contributed by atoms with Crippen LogP contribution >= 0.6 is 0 Å². The summed E-state index contributed by atoms with van der Waals surface area (Å²) in [5, 5.41) is 18.7. The number of anilines is 1. The van der Waals surface area contributed by atoms with Crippen molar-refractivity contribution in [1.29, 1.82) is 0 Å². The molecule has 2 atom stereocenters. The summed E-state index contributed by atoms with van der Waals surface area (Å²) in [5.41, 5.74) is 6.12. The number of hydrogen-bond acceptors (Lipinski definition) is 5. The van der Waals surface area contributed by atoms with Crippen LogP contribution in [0.5, 0.6) is 5.75 Å². The van der Waals surface area contributed by atoms with Crippen LogP contribution in [0.4, 0.5) is 5.69 Å². The molecule has 1 heterocycles. The molecule has 0 aliphatic carbocycles. The van der Waals surface area contributed by atoms with Crippen LogP contribution in [0.2, 0.25) is 0 Å². The molecule has 6 nitrogen and oxygen atoms in total. The van der Waals surface area contributed by atoms with Crippen molar-refractivity contribution in [2.24, 2.45) is 0 Å². The number of aliphatic hydroxyl groups is 1. The molecule has 1 saturated heterocycles. The van der Waals surface area contributed by atoms with Gasteiger partial charge in [0.2, 0.25) is 0 Å². The highest BCUT2D eigenvalue weighted by Crippen LogP contribution is 2.23. The van der Waals surface area contributed by atoms with E-state index in [0.717, 1.165) is 0 Å². The summed E-state index contributed by atoms with van der Waals surface area (Å²) in [6, 6.07) is 4.36. The zero-order chi connectivity index (χ0) is 14.0. The molecule has 0 bridgehead atoms. The first-order valence-corrected chi connectivity index (χ1v) is 6.15. The van der Waals surface area contributed by atoms with Crippen molar-refractivity contribution < 1.29 is 19.7 Å². The largest absolute Gasteiger partial charge is 0.506 e. The molecule has 0 radical (unpaired) electrons. The Bertz CT molecular complexity index is 478. The molecule has 1 amide bonds. The summed E-state index contributed by atoms with van der Waals surface area (Å²) in [4.78, 5) is 14.0. The normalized spacial score (nSPS) is 23.4. The number of phenols is 1. The van der Waals surface area contributed by atoms with E-state index < -0.39 is 0 Å². The number of carbonyl (C=O) groups is 1. The fraction of sp³-hybridized carbons (Fsp3) is 0.462. The van der Waals surface area contributed by atoms with Crippen LogP contribution in [0.15, 0.2) is 18.2 Å². The molecule has 0 saturated carbocycles. The predicted molar refractivity (Wildman–Crippen MR) is 69.8 cm³/mol. The molecule has 1 fully saturated rings. The van der Waals surface area contributed by atoms with E-state index in [9.17, 15) is 9.90 Å². The van der Waals surface area contributed by atoms with E-state index in [0.29, 0.717) is 18.7 Å². The Kier molecular flexibility index (Phi) is 3.92. The van der Waals surface area contributed by atoms with E-state index in [1.54, 1.807) is 11.0 Å². The van der Waals surface area contributed by atoms with Gasteiger partial charge < -0.3 is 25.6 Å². The lowest BCUT2D eigenvalue weighted by molar-refractivity contribution is -0.0667. The molecule has 1 aliphatic rings. The number of nitrogens with two attached hydrogens (primary N) is 1. The standard InChI is InChI=1S/C13H18N2O4/c1-8-7-19-10(6-16)5-15(8)13(18)9-2-3-11(14)12(17)4-9/h2-4,8,10,16-17H,5-7,14H2,1H3. The Morgan fingerprint density at radius 1 is 1.58 bits per heavy atom. The summed E-state index contributed by atoms with van der Waals surface area (Å²) in [6.45, 7) is 2.48. The lowest BCUT2D eigenvalue weighted by Crippen LogP contribution is -2.52. The summed E-state index contributed by atoms with van der Waals surface area (Å²) in [6.07, 6.45) is -0.359. The molecular formula is C13H18N2O4. The zero-order valence-corrected chi connectivity index (χ0v) is 10.7. The Labute approximate surface area is 111 Å². The molecule has 1 aromatic rings. The summed E-state index contributed by atoms with van der Waals surface area (Å²) in [7, 11) is 0. The van der Waals surface area contributed by atoms with Crippen molar-refractivity contribution in [3.05, 3.63) is 23.8 Å². The van der Waals surface area contributed by atoms with Gasteiger partial charge in [0.05, 0.1) is 31.0 Å². The minimum absolute atomic E-state index is 0.0741. The molecule has 2 unspecified atom stereocenters. The van der Waals surface area contributed by atoms with Crippen LogP contribution in [-0.2, 0) is 4.74 Å². The molecule has 1 aromatic carbocycles. The van der Waals surface area contributed by atoms with Gasteiger partial charge in [-0.1, -0.05) is 0 Å². The van der Waals surface area contributed by atoms with Crippen molar-refractivity contribution >= 4 is 11.6 Å². The lowest BCUT2D eigenvalue weighted by atomic mass is 10.1. The van der Waals surface area contributed by atoms with Gasteiger partial charge in [-0.3, -0.25) is 4.79 Å². The third-order valence-electron chi connectivity index (χ3n) is 3.25. The van der Waals surface area contributed by atoms with Crippen molar-refractivity contribution in [1.82, 2.24) is 4.90 Å². The Balaban J connectivity index is 2.19. The van der Waals surface area contributed by atoms with Crippen LogP contribution < -0.4 is 5.73 Å². The smallest absolute Gasteiger partial charge is 0.254 e. The number of aliphatic hydroxyl groups excluding tert-OH is 1. The number of nitrogens with zero attached hydrogens (tertiary/aromatic N) is 1. The second kappa shape index (κ2) is 5.46. The van der Waals surface area contributed by atoms with E-state index in [1.165, 1.54) is 12.1 Å². The van der Waals surface area contributed by atoms with Crippen LogP contribution in [0.25, 0.3) is 0 Å².